The lowest BCUT2D eigenvalue weighted by Gasteiger charge is -1.97. The number of pyridine rings is 1. The number of rotatable bonds is 2. The molecule has 0 fully saturated rings. The van der Waals surface area contributed by atoms with Gasteiger partial charge >= 0.3 is 0 Å². The van der Waals surface area contributed by atoms with Gasteiger partial charge in [0, 0.05) is 11.8 Å². The summed E-state index contributed by atoms with van der Waals surface area (Å²) in [6.45, 7) is 2.08. The van der Waals surface area contributed by atoms with Crippen molar-refractivity contribution in [2.24, 2.45) is 0 Å². The molecule has 13 heavy (non-hydrogen) atoms. The number of fused-ring (bicyclic) bond motifs is 1. The van der Waals surface area contributed by atoms with E-state index in [2.05, 4.69) is 21.9 Å². The smallest absolute Gasteiger partial charge is 0.207 e. The van der Waals surface area contributed by atoms with E-state index in [1.807, 2.05) is 0 Å². The summed E-state index contributed by atoms with van der Waals surface area (Å²) >= 11 is 0. The Labute approximate surface area is 75.0 Å². The predicted octanol–water partition coefficient (Wildman–Crippen LogP) is 1.20. The van der Waals surface area contributed by atoms with Crippen LogP contribution in [0.3, 0.4) is 0 Å². The largest absolute Gasteiger partial charge is 0.342 e. The van der Waals surface area contributed by atoms with Crippen LogP contribution in [0.15, 0.2) is 17.2 Å². The second-order valence-electron chi connectivity index (χ2n) is 3.03. The molecule has 0 spiro atoms. The van der Waals surface area contributed by atoms with Gasteiger partial charge in [-0.15, -0.1) is 0 Å². The number of nitrogens with one attached hydrogen (secondary N) is 2. The lowest BCUT2D eigenvalue weighted by atomic mass is 10.2. The van der Waals surface area contributed by atoms with Gasteiger partial charge in [-0.25, -0.2) is 4.98 Å². The molecule has 0 unspecified atom stereocenters. The van der Waals surface area contributed by atoms with Gasteiger partial charge in [0.2, 0.25) is 5.43 Å². The standard InChI is InChI=1S/C9H11N3O/c1-2-3-6-4-7(13)8-9(12-6)11-5-10-8/h4-5H,2-3H2,1H3,(H2,10,11,12,13). The zero-order chi connectivity index (χ0) is 9.26. The third-order valence-electron chi connectivity index (χ3n) is 1.99. The average molecular weight is 177 g/mol. The van der Waals surface area contributed by atoms with Gasteiger partial charge in [-0.1, -0.05) is 13.3 Å². The van der Waals surface area contributed by atoms with Crippen LogP contribution in [-0.2, 0) is 6.42 Å². The maximum absolute atomic E-state index is 11.4. The number of aryl methyl sites for hydroxylation is 1. The van der Waals surface area contributed by atoms with Crippen molar-refractivity contribution in [3.63, 3.8) is 0 Å². The van der Waals surface area contributed by atoms with Crippen molar-refractivity contribution in [3.05, 3.63) is 28.3 Å². The molecule has 0 aliphatic rings. The minimum Gasteiger partial charge on any atom is -0.342 e. The lowest BCUT2D eigenvalue weighted by molar-refractivity contribution is 0.886. The van der Waals surface area contributed by atoms with Crippen LogP contribution in [0.2, 0.25) is 0 Å². The van der Waals surface area contributed by atoms with Gasteiger partial charge in [0.25, 0.3) is 0 Å². The van der Waals surface area contributed by atoms with Crippen molar-refractivity contribution >= 4 is 11.2 Å². The van der Waals surface area contributed by atoms with Crippen LogP contribution >= 0.6 is 0 Å². The third kappa shape index (κ3) is 1.35. The molecule has 2 rings (SSSR count). The summed E-state index contributed by atoms with van der Waals surface area (Å²) in [4.78, 5) is 21.4. The summed E-state index contributed by atoms with van der Waals surface area (Å²) in [5.41, 5.74) is 2.16. The van der Waals surface area contributed by atoms with Crippen molar-refractivity contribution < 1.29 is 0 Å². The summed E-state index contributed by atoms with van der Waals surface area (Å²) in [6.07, 6.45) is 3.43. The highest BCUT2D eigenvalue weighted by Crippen LogP contribution is 2.03. The highest BCUT2D eigenvalue weighted by atomic mass is 16.1. The maximum Gasteiger partial charge on any atom is 0.207 e. The van der Waals surface area contributed by atoms with Crippen LogP contribution in [0.5, 0.6) is 0 Å². The molecule has 68 valence electrons. The number of nitrogens with zero attached hydrogens (tertiary/aromatic N) is 1. The van der Waals surface area contributed by atoms with E-state index in [1.165, 1.54) is 6.33 Å². The molecule has 2 aromatic rings. The van der Waals surface area contributed by atoms with Crippen LogP contribution in [0.4, 0.5) is 0 Å². The fraction of sp³-hybridized carbons (Fsp3) is 0.333. The fourth-order valence-corrected chi connectivity index (χ4v) is 1.40. The predicted molar refractivity (Wildman–Crippen MR) is 50.7 cm³/mol. The Bertz CT molecular complexity index is 469. The molecule has 4 nitrogen and oxygen atoms in total. The number of H-pyrrole nitrogens is 2. The quantitative estimate of drug-likeness (QED) is 0.724. The van der Waals surface area contributed by atoms with Crippen molar-refractivity contribution in [3.8, 4) is 0 Å². The fourth-order valence-electron chi connectivity index (χ4n) is 1.40. The van der Waals surface area contributed by atoms with Gasteiger partial charge in [0.15, 0.2) is 5.65 Å². The molecule has 0 saturated heterocycles. The number of imidazole rings is 1. The van der Waals surface area contributed by atoms with Crippen molar-refractivity contribution in [1.29, 1.82) is 0 Å². The van der Waals surface area contributed by atoms with Crippen LogP contribution in [-0.4, -0.2) is 15.0 Å². The lowest BCUT2D eigenvalue weighted by Crippen LogP contribution is -2.04. The van der Waals surface area contributed by atoms with E-state index in [9.17, 15) is 4.79 Å². The molecule has 0 saturated carbocycles. The van der Waals surface area contributed by atoms with Crippen LogP contribution < -0.4 is 5.43 Å². The average Bonchev–Trinajstić information content (AvgIpc) is 2.53. The van der Waals surface area contributed by atoms with Crippen molar-refractivity contribution in [1.82, 2.24) is 15.0 Å². The molecule has 0 atom stereocenters. The molecule has 2 aromatic heterocycles. The van der Waals surface area contributed by atoms with E-state index in [0.717, 1.165) is 18.5 Å². The number of hydrogen-bond donors (Lipinski definition) is 2. The normalized spacial score (nSPS) is 10.8. The summed E-state index contributed by atoms with van der Waals surface area (Å²) in [5.74, 6) is 0. The summed E-state index contributed by atoms with van der Waals surface area (Å²) in [5, 5.41) is 0. The minimum absolute atomic E-state index is 0.00898. The Morgan fingerprint density at radius 3 is 3.15 bits per heavy atom. The van der Waals surface area contributed by atoms with E-state index < -0.39 is 0 Å². The SMILES string of the molecule is CCCc1cc(=O)c2[nH]cnc2[nH]1. The van der Waals surface area contributed by atoms with Gasteiger partial charge in [0.05, 0.1) is 6.33 Å². The Morgan fingerprint density at radius 2 is 2.38 bits per heavy atom. The molecule has 0 amide bonds. The molecule has 0 aliphatic heterocycles. The summed E-state index contributed by atoms with van der Waals surface area (Å²) < 4.78 is 0. The Morgan fingerprint density at radius 1 is 1.54 bits per heavy atom. The third-order valence-corrected chi connectivity index (χ3v) is 1.99. The molecule has 0 bridgehead atoms. The molecule has 2 heterocycles. The van der Waals surface area contributed by atoms with Gasteiger partial charge in [-0.2, -0.15) is 0 Å². The van der Waals surface area contributed by atoms with E-state index in [0.29, 0.717) is 11.2 Å². The molecule has 0 aliphatic carbocycles. The van der Waals surface area contributed by atoms with E-state index in [1.54, 1.807) is 6.07 Å². The highest BCUT2D eigenvalue weighted by Gasteiger charge is 2.02. The Hall–Kier alpha value is -1.58. The topological polar surface area (TPSA) is 61.5 Å². The molecule has 0 aromatic carbocycles. The van der Waals surface area contributed by atoms with E-state index in [-0.39, 0.29) is 5.43 Å². The van der Waals surface area contributed by atoms with Gasteiger partial charge in [-0.3, -0.25) is 4.79 Å². The molecular formula is C9H11N3O. The first kappa shape index (κ1) is 8.04. The number of aromatic amines is 2. The maximum atomic E-state index is 11.4. The number of aromatic nitrogens is 3. The first-order valence-electron chi connectivity index (χ1n) is 4.36. The van der Waals surface area contributed by atoms with Crippen LogP contribution in [0.1, 0.15) is 19.0 Å². The van der Waals surface area contributed by atoms with Gasteiger partial charge in [0.1, 0.15) is 5.52 Å². The molecular weight excluding hydrogens is 166 g/mol. The molecule has 2 N–H and O–H groups in total. The number of hydrogen-bond acceptors (Lipinski definition) is 2. The van der Waals surface area contributed by atoms with E-state index >= 15 is 0 Å². The minimum atomic E-state index is 0.00898. The molecule has 4 heteroatoms. The second kappa shape index (κ2) is 3.05. The van der Waals surface area contributed by atoms with Crippen molar-refractivity contribution in [2.45, 2.75) is 19.8 Å². The molecule has 0 radical (unpaired) electrons. The second-order valence-corrected chi connectivity index (χ2v) is 3.03. The first-order valence-corrected chi connectivity index (χ1v) is 4.36. The van der Waals surface area contributed by atoms with Gasteiger partial charge in [-0.05, 0) is 6.42 Å². The Balaban J connectivity index is 2.63. The van der Waals surface area contributed by atoms with Crippen LogP contribution in [0.25, 0.3) is 11.2 Å². The first-order chi connectivity index (χ1) is 6.31. The zero-order valence-corrected chi connectivity index (χ0v) is 7.42. The Kier molecular flexibility index (Phi) is 1.88. The van der Waals surface area contributed by atoms with Gasteiger partial charge < -0.3 is 9.97 Å². The summed E-state index contributed by atoms with van der Waals surface area (Å²) in [7, 11) is 0. The van der Waals surface area contributed by atoms with Crippen molar-refractivity contribution in [2.75, 3.05) is 0 Å². The monoisotopic (exact) mass is 177 g/mol. The zero-order valence-electron chi connectivity index (χ0n) is 7.42. The van der Waals surface area contributed by atoms with Crippen LogP contribution in [0, 0.1) is 0 Å². The highest BCUT2D eigenvalue weighted by molar-refractivity contribution is 5.69. The summed E-state index contributed by atoms with van der Waals surface area (Å²) in [6, 6.07) is 1.63. The van der Waals surface area contributed by atoms with E-state index in [4.69, 9.17) is 0 Å².